The third kappa shape index (κ3) is 5.57. The zero-order valence-corrected chi connectivity index (χ0v) is 17.7. The molecule has 1 aromatic carbocycles. The van der Waals surface area contributed by atoms with Crippen molar-refractivity contribution in [2.45, 2.75) is 44.8 Å². The predicted octanol–water partition coefficient (Wildman–Crippen LogP) is 2.02. The Morgan fingerprint density at radius 3 is 2.59 bits per heavy atom. The number of hydrogen-bond acceptors (Lipinski definition) is 5. The van der Waals surface area contributed by atoms with Crippen LogP contribution in [0.1, 0.15) is 32.3 Å². The zero-order valence-electron chi connectivity index (χ0n) is 16.9. The average molecular weight is 421 g/mol. The Bertz CT molecular complexity index is 916. The summed E-state index contributed by atoms with van der Waals surface area (Å²) in [6.07, 6.45) is 4.52. The highest BCUT2D eigenvalue weighted by atomic mass is 32.2. The summed E-state index contributed by atoms with van der Waals surface area (Å²) in [7, 11) is -3.61. The lowest BCUT2D eigenvalue weighted by Gasteiger charge is -2.28. The minimum atomic E-state index is -3.61. The number of ether oxygens (including phenoxy) is 1. The summed E-state index contributed by atoms with van der Waals surface area (Å²) in [5.74, 6) is 1.11. The van der Waals surface area contributed by atoms with E-state index in [1.807, 2.05) is 31.2 Å². The Morgan fingerprint density at radius 2 is 1.93 bits per heavy atom. The van der Waals surface area contributed by atoms with Crippen LogP contribution in [0.4, 0.5) is 0 Å². The number of hydrogen-bond donors (Lipinski definition) is 1. The fourth-order valence-electron chi connectivity index (χ4n) is 3.21. The number of carbonyl (C=O) groups is 1. The molecule has 1 fully saturated rings. The normalized spacial score (nSPS) is 15.9. The van der Waals surface area contributed by atoms with E-state index in [1.54, 1.807) is 0 Å². The Labute approximate surface area is 171 Å². The van der Waals surface area contributed by atoms with Crippen LogP contribution in [-0.4, -0.2) is 47.9 Å². The van der Waals surface area contributed by atoms with Crippen molar-refractivity contribution in [2.24, 2.45) is 5.92 Å². The van der Waals surface area contributed by atoms with Crippen LogP contribution in [0.15, 0.2) is 41.8 Å². The summed E-state index contributed by atoms with van der Waals surface area (Å²) < 4.78 is 33.8. The lowest BCUT2D eigenvalue weighted by atomic mass is 10.0. The maximum absolute atomic E-state index is 12.7. The van der Waals surface area contributed by atoms with Crippen molar-refractivity contribution >= 4 is 15.9 Å². The molecule has 0 bridgehead atoms. The smallest absolute Gasteiger partial charge is 0.262 e. The Hall–Kier alpha value is -2.39. The molecule has 0 unspecified atom stereocenters. The largest absolute Gasteiger partial charge is 0.494 e. The molecule has 29 heavy (non-hydrogen) atoms. The zero-order chi connectivity index (χ0) is 20.9. The number of benzene rings is 1. The van der Waals surface area contributed by atoms with Crippen molar-refractivity contribution in [2.75, 3.05) is 19.7 Å². The van der Waals surface area contributed by atoms with Crippen LogP contribution >= 0.6 is 0 Å². The molecule has 9 heteroatoms. The molecule has 1 aliphatic heterocycles. The quantitative estimate of drug-likeness (QED) is 0.705. The van der Waals surface area contributed by atoms with Gasteiger partial charge in [-0.1, -0.05) is 19.1 Å². The van der Waals surface area contributed by atoms with Gasteiger partial charge in [0.1, 0.15) is 12.3 Å². The first kappa shape index (κ1) is 21.3. The Morgan fingerprint density at radius 1 is 1.24 bits per heavy atom. The van der Waals surface area contributed by atoms with Gasteiger partial charge in [-0.25, -0.2) is 13.4 Å². The molecule has 8 nitrogen and oxygen atoms in total. The van der Waals surface area contributed by atoms with Crippen molar-refractivity contribution in [1.82, 2.24) is 19.2 Å². The summed E-state index contributed by atoms with van der Waals surface area (Å²) in [6.45, 7) is 6.08. The first-order valence-corrected chi connectivity index (χ1v) is 11.3. The number of amides is 1. The van der Waals surface area contributed by atoms with Crippen LogP contribution in [0.3, 0.4) is 0 Å². The standard InChI is InChI=1S/C20H28N4O4S/c1-3-28-18-6-4-17(5-7-18)12-21-19(25)13-23-14-20(22-15-23)29(26,27)24-10-8-16(2)9-11-24/h4-7,14-16H,3,8-13H2,1-2H3,(H,21,25). The highest BCUT2D eigenvalue weighted by Crippen LogP contribution is 2.22. The SMILES string of the molecule is CCOc1ccc(CNC(=O)Cn2cnc(S(=O)(=O)N3CCC(C)CC3)c2)cc1. The summed E-state index contributed by atoms with van der Waals surface area (Å²) in [6, 6.07) is 7.51. The van der Waals surface area contributed by atoms with Gasteiger partial charge in [-0.2, -0.15) is 4.31 Å². The fourth-order valence-corrected chi connectivity index (χ4v) is 4.61. The molecule has 1 aliphatic rings. The number of piperidine rings is 1. The van der Waals surface area contributed by atoms with Gasteiger partial charge in [0.15, 0.2) is 5.03 Å². The van der Waals surface area contributed by atoms with Crippen molar-refractivity contribution < 1.29 is 17.9 Å². The molecule has 2 aromatic rings. The predicted molar refractivity (Wildman–Crippen MR) is 109 cm³/mol. The van der Waals surface area contributed by atoms with Gasteiger partial charge < -0.3 is 14.6 Å². The molecule has 0 atom stereocenters. The van der Waals surface area contributed by atoms with E-state index in [2.05, 4.69) is 17.2 Å². The van der Waals surface area contributed by atoms with Crippen LogP contribution < -0.4 is 10.1 Å². The van der Waals surface area contributed by atoms with Crippen molar-refractivity contribution in [3.8, 4) is 5.75 Å². The summed E-state index contributed by atoms with van der Waals surface area (Å²) >= 11 is 0. The molecule has 0 spiro atoms. The number of sulfonamides is 1. The minimum Gasteiger partial charge on any atom is -0.494 e. The van der Waals surface area contributed by atoms with Crippen LogP contribution in [0.2, 0.25) is 0 Å². The molecule has 1 amide bonds. The number of imidazole rings is 1. The number of nitrogens with zero attached hydrogens (tertiary/aromatic N) is 3. The minimum absolute atomic E-state index is 0.00799. The molecule has 1 saturated heterocycles. The van der Waals surface area contributed by atoms with Gasteiger partial charge in [-0.3, -0.25) is 4.79 Å². The van der Waals surface area contributed by atoms with Crippen LogP contribution in [0.25, 0.3) is 0 Å². The van der Waals surface area contributed by atoms with Crippen molar-refractivity contribution in [3.05, 3.63) is 42.4 Å². The average Bonchev–Trinajstić information content (AvgIpc) is 3.17. The van der Waals surface area contributed by atoms with E-state index >= 15 is 0 Å². The van der Waals surface area contributed by atoms with Gasteiger partial charge in [0, 0.05) is 25.8 Å². The van der Waals surface area contributed by atoms with Gasteiger partial charge in [0.2, 0.25) is 5.91 Å². The van der Waals surface area contributed by atoms with E-state index in [0.29, 0.717) is 32.2 Å². The maximum atomic E-state index is 12.7. The summed E-state index contributed by atoms with van der Waals surface area (Å²) in [4.78, 5) is 16.2. The van der Waals surface area contributed by atoms with Gasteiger partial charge in [-0.05, 0) is 43.4 Å². The molecule has 1 aromatic heterocycles. The second kappa shape index (κ2) is 9.41. The van der Waals surface area contributed by atoms with Gasteiger partial charge in [-0.15, -0.1) is 0 Å². The van der Waals surface area contributed by atoms with E-state index in [0.717, 1.165) is 24.2 Å². The monoisotopic (exact) mass is 420 g/mol. The molecule has 1 N–H and O–H groups in total. The van der Waals surface area contributed by atoms with E-state index in [4.69, 9.17) is 4.74 Å². The van der Waals surface area contributed by atoms with E-state index in [1.165, 1.54) is 21.4 Å². The number of rotatable bonds is 8. The summed E-state index contributed by atoms with van der Waals surface area (Å²) in [5, 5.41) is 2.82. The molecule has 2 heterocycles. The third-order valence-electron chi connectivity index (χ3n) is 5.01. The molecule has 0 radical (unpaired) electrons. The van der Waals surface area contributed by atoms with Gasteiger partial charge >= 0.3 is 0 Å². The fraction of sp³-hybridized carbons (Fsp3) is 0.500. The molecule has 0 saturated carbocycles. The Kier molecular flexibility index (Phi) is 6.92. The molecular formula is C20H28N4O4S. The summed E-state index contributed by atoms with van der Waals surface area (Å²) in [5.41, 5.74) is 0.954. The van der Waals surface area contributed by atoms with E-state index in [-0.39, 0.29) is 17.5 Å². The van der Waals surface area contributed by atoms with Crippen LogP contribution in [-0.2, 0) is 27.9 Å². The van der Waals surface area contributed by atoms with E-state index in [9.17, 15) is 13.2 Å². The molecule has 158 valence electrons. The second-order valence-corrected chi connectivity index (χ2v) is 9.21. The molecular weight excluding hydrogens is 392 g/mol. The van der Waals surface area contributed by atoms with Crippen LogP contribution in [0.5, 0.6) is 5.75 Å². The maximum Gasteiger partial charge on any atom is 0.262 e. The number of carbonyl (C=O) groups excluding carboxylic acids is 1. The topological polar surface area (TPSA) is 93.5 Å². The van der Waals surface area contributed by atoms with Gasteiger partial charge in [0.05, 0.1) is 12.9 Å². The van der Waals surface area contributed by atoms with Crippen molar-refractivity contribution in [1.29, 1.82) is 0 Å². The first-order valence-electron chi connectivity index (χ1n) is 9.89. The Balaban J connectivity index is 1.53. The van der Waals surface area contributed by atoms with Gasteiger partial charge in [0.25, 0.3) is 10.0 Å². The third-order valence-corrected chi connectivity index (χ3v) is 6.79. The van der Waals surface area contributed by atoms with Crippen molar-refractivity contribution in [3.63, 3.8) is 0 Å². The molecule has 3 rings (SSSR count). The number of aromatic nitrogens is 2. The highest BCUT2D eigenvalue weighted by Gasteiger charge is 2.29. The second-order valence-electron chi connectivity index (χ2n) is 7.32. The van der Waals surface area contributed by atoms with E-state index < -0.39 is 10.0 Å². The first-order chi connectivity index (χ1) is 13.9. The molecule has 0 aliphatic carbocycles. The van der Waals surface area contributed by atoms with Crippen LogP contribution in [0, 0.1) is 5.92 Å². The lowest BCUT2D eigenvalue weighted by Crippen LogP contribution is -2.38. The number of nitrogens with one attached hydrogen (secondary N) is 1. The lowest BCUT2D eigenvalue weighted by molar-refractivity contribution is -0.121. The highest BCUT2D eigenvalue weighted by molar-refractivity contribution is 7.89.